The summed E-state index contributed by atoms with van der Waals surface area (Å²) < 4.78 is 0. The summed E-state index contributed by atoms with van der Waals surface area (Å²) in [5, 5.41) is 14.3. The average molecular weight is 318 g/mol. The molecule has 1 aromatic carbocycles. The Morgan fingerprint density at radius 1 is 1.23 bits per heavy atom. The van der Waals surface area contributed by atoms with Gasteiger partial charge in [0.05, 0.1) is 5.01 Å². The summed E-state index contributed by atoms with van der Waals surface area (Å²) in [6.07, 6.45) is 0. The van der Waals surface area contributed by atoms with Crippen LogP contribution in [0.25, 0.3) is 0 Å². The number of nitrogens with zero attached hydrogens (tertiary/aromatic N) is 1. The van der Waals surface area contributed by atoms with E-state index in [9.17, 15) is 14.7 Å². The number of carboxylic acid groups (broad SMARTS) is 1. The van der Waals surface area contributed by atoms with Crippen molar-refractivity contribution in [2.45, 2.75) is 32.2 Å². The van der Waals surface area contributed by atoms with E-state index in [0.29, 0.717) is 5.56 Å². The van der Waals surface area contributed by atoms with Gasteiger partial charge in [0, 0.05) is 10.8 Å². The Bertz CT molecular complexity index is 674. The molecule has 0 saturated heterocycles. The van der Waals surface area contributed by atoms with Crippen LogP contribution in [0.4, 0.5) is 0 Å². The number of carboxylic acids is 1. The summed E-state index contributed by atoms with van der Waals surface area (Å²) in [5.41, 5.74) is 0.626. The normalized spacial score (nSPS) is 12.7. The number of carbonyl (C=O) groups excluding carboxylic acids is 1. The van der Waals surface area contributed by atoms with Gasteiger partial charge in [-0.15, -0.1) is 11.3 Å². The van der Waals surface area contributed by atoms with Gasteiger partial charge in [-0.25, -0.2) is 9.78 Å². The summed E-state index contributed by atoms with van der Waals surface area (Å²) >= 11 is 1.40. The number of benzene rings is 1. The minimum absolute atomic E-state index is 0.144. The quantitative estimate of drug-likeness (QED) is 0.908. The molecular formula is C16H18N2O3S. The molecule has 1 aromatic heterocycles. The van der Waals surface area contributed by atoms with Crippen LogP contribution in [0, 0.1) is 0 Å². The molecule has 5 nitrogen and oxygen atoms in total. The standard InChI is InChI=1S/C16H18N2O3S/c1-16(2,3)15-17-11(9-22-15)13(19)18-12(14(20)21)10-7-5-4-6-8-10/h4-9,12H,1-3H3,(H,18,19)(H,20,21). The molecule has 1 atom stereocenters. The largest absolute Gasteiger partial charge is 0.479 e. The molecule has 2 rings (SSSR count). The predicted molar refractivity (Wildman–Crippen MR) is 85.1 cm³/mol. The molecule has 1 heterocycles. The van der Waals surface area contributed by atoms with Crippen LogP contribution in [0.3, 0.4) is 0 Å². The monoisotopic (exact) mass is 318 g/mol. The smallest absolute Gasteiger partial charge is 0.330 e. The van der Waals surface area contributed by atoms with Crippen LogP contribution in [0.1, 0.15) is 47.9 Å². The highest BCUT2D eigenvalue weighted by Crippen LogP contribution is 2.25. The Hall–Kier alpha value is -2.21. The third-order valence-corrected chi connectivity index (χ3v) is 4.30. The summed E-state index contributed by atoms with van der Waals surface area (Å²) in [6, 6.07) is 7.51. The highest BCUT2D eigenvalue weighted by atomic mass is 32.1. The van der Waals surface area contributed by atoms with Crippen molar-refractivity contribution >= 4 is 23.2 Å². The molecule has 0 spiro atoms. The van der Waals surface area contributed by atoms with Crippen LogP contribution in [0.2, 0.25) is 0 Å². The fourth-order valence-electron chi connectivity index (χ4n) is 1.86. The maximum atomic E-state index is 12.2. The molecule has 0 aliphatic heterocycles. The van der Waals surface area contributed by atoms with Gasteiger partial charge >= 0.3 is 5.97 Å². The zero-order chi connectivity index (χ0) is 16.3. The first kappa shape index (κ1) is 16.2. The lowest BCUT2D eigenvalue weighted by Crippen LogP contribution is -2.34. The van der Waals surface area contributed by atoms with Gasteiger partial charge in [0.15, 0.2) is 6.04 Å². The van der Waals surface area contributed by atoms with Gasteiger partial charge in [0.1, 0.15) is 5.69 Å². The first-order valence-corrected chi connectivity index (χ1v) is 7.71. The molecule has 1 amide bonds. The van der Waals surface area contributed by atoms with Gasteiger partial charge < -0.3 is 10.4 Å². The van der Waals surface area contributed by atoms with Crippen molar-refractivity contribution < 1.29 is 14.7 Å². The van der Waals surface area contributed by atoms with Gasteiger partial charge in [0.25, 0.3) is 5.91 Å². The SMILES string of the molecule is CC(C)(C)c1nc(C(=O)NC(C(=O)O)c2ccccc2)cs1. The first-order valence-electron chi connectivity index (χ1n) is 6.83. The second-order valence-electron chi connectivity index (χ2n) is 5.94. The molecule has 0 saturated carbocycles. The van der Waals surface area contributed by atoms with E-state index in [1.165, 1.54) is 11.3 Å². The molecule has 6 heteroatoms. The molecule has 2 N–H and O–H groups in total. The Kier molecular flexibility index (Phi) is 4.61. The number of aliphatic carboxylic acids is 1. The minimum atomic E-state index is -1.11. The number of amides is 1. The fourth-order valence-corrected chi connectivity index (χ4v) is 2.75. The van der Waals surface area contributed by atoms with Gasteiger partial charge in [-0.3, -0.25) is 4.79 Å². The minimum Gasteiger partial charge on any atom is -0.479 e. The lowest BCUT2D eigenvalue weighted by Gasteiger charge is -2.15. The van der Waals surface area contributed by atoms with Gasteiger partial charge in [-0.05, 0) is 5.56 Å². The van der Waals surface area contributed by atoms with E-state index >= 15 is 0 Å². The van der Waals surface area contributed by atoms with Crippen LogP contribution in [-0.4, -0.2) is 22.0 Å². The summed E-state index contributed by atoms with van der Waals surface area (Å²) in [4.78, 5) is 27.9. The van der Waals surface area contributed by atoms with E-state index in [-0.39, 0.29) is 11.1 Å². The van der Waals surface area contributed by atoms with Crippen LogP contribution >= 0.6 is 11.3 Å². The van der Waals surface area contributed by atoms with Crippen molar-refractivity contribution in [1.29, 1.82) is 0 Å². The van der Waals surface area contributed by atoms with Crippen molar-refractivity contribution in [3.8, 4) is 0 Å². The zero-order valence-electron chi connectivity index (χ0n) is 12.7. The second kappa shape index (κ2) is 6.27. The van der Waals surface area contributed by atoms with Gasteiger partial charge in [-0.2, -0.15) is 0 Å². The second-order valence-corrected chi connectivity index (χ2v) is 6.80. The third kappa shape index (κ3) is 3.71. The number of nitrogens with one attached hydrogen (secondary N) is 1. The van der Waals surface area contributed by atoms with E-state index < -0.39 is 17.9 Å². The van der Waals surface area contributed by atoms with E-state index in [1.807, 2.05) is 20.8 Å². The van der Waals surface area contributed by atoms with Crippen molar-refractivity contribution in [3.63, 3.8) is 0 Å². The van der Waals surface area contributed by atoms with E-state index in [0.717, 1.165) is 5.01 Å². The maximum absolute atomic E-state index is 12.2. The highest BCUT2D eigenvalue weighted by molar-refractivity contribution is 7.10. The third-order valence-electron chi connectivity index (χ3n) is 3.03. The Morgan fingerprint density at radius 2 is 1.86 bits per heavy atom. The summed E-state index contributed by atoms with van der Waals surface area (Å²) in [5.74, 6) is -1.59. The molecule has 2 aromatic rings. The average Bonchev–Trinajstić information content (AvgIpc) is 2.95. The molecule has 0 radical (unpaired) electrons. The Balaban J connectivity index is 2.19. The van der Waals surface area contributed by atoms with E-state index in [1.54, 1.807) is 35.7 Å². The fraction of sp³-hybridized carbons (Fsp3) is 0.312. The Labute approximate surface area is 133 Å². The molecule has 0 aliphatic rings. The predicted octanol–water partition coefficient (Wildman–Crippen LogP) is 3.00. The number of thiazole rings is 1. The number of carbonyl (C=O) groups is 2. The van der Waals surface area contributed by atoms with E-state index in [2.05, 4.69) is 10.3 Å². The van der Waals surface area contributed by atoms with Crippen molar-refractivity contribution in [2.75, 3.05) is 0 Å². The Morgan fingerprint density at radius 3 is 2.36 bits per heavy atom. The molecule has 0 bridgehead atoms. The molecular weight excluding hydrogens is 300 g/mol. The molecule has 1 unspecified atom stereocenters. The summed E-state index contributed by atoms with van der Waals surface area (Å²) in [7, 11) is 0. The van der Waals surface area contributed by atoms with Crippen molar-refractivity contribution in [1.82, 2.24) is 10.3 Å². The molecule has 0 fully saturated rings. The topological polar surface area (TPSA) is 79.3 Å². The number of hydrogen-bond donors (Lipinski definition) is 2. The van der Waals surface area contributed by atoms with E-state index in [4.69, 9.17) is 0 Å². The molecule has 22 heavy (non-hydrogen) atoms. The maximum Gasteiger partial charge on any atom is 0.330 e. The molecule has 116 valence electrons. The first-order chi connectivity index (χ1) is 10.3. The van der Waals surface area contributed by atoms with Crippen molar-refractivity contribution in [3.05, 3.63) is 52.0 Å². The van der Waals surface area contributed by atoms with Crippen LogP contribution in [0.15, 0.2) is 35.7 Å². The zero-order valence-corrected chi connectivity index (χ0v) is 13.5. The van der Waals surface area contributed by atoms with Crippen molar-refractivity contribution in [2.24, 2.45) is 0 Å². The lowest BCUT2D eigenvalue weighted by molar-refractivity contribution is -0.139. The number of hydrogen-bond acceptors (Lipinski definition) is 4. The number of rotatable bonds is 4. The molecule has 0 aliphatic carbocycles. The highest BCUT2D eigenvalue weighted by Gasteiger charge is 2.25. The van der Waals surface area contributed by atoms with Crippen LogP contribution in [0.5, 0.6) is 0 Å². The van der Waals surface area contributed by atoms with Crippen LogP contribution in [-0.2, 0) is 10.2 Å². The lowest BCUT2D eigenvalue weighted by atomic mass is 9.98. The van der Waals surface area contributed by atoms with Crippen LogP contribution < -0.4 is 5.32 Å². The van der Waals surface area contributed by atoms with Gasteiger partial charge in [0.2, 0.25) is 0 Å². The number of aromatic nitrogens is 1. The van der Waals surface area contributed by atoms with Gasteiger partial charge in [-0.1, -0.05) is 51.1 Å². The summed E-state index contributed by atoms with van der Waals surface area (Å²) in [6.45, 7) is 6.03.